The minimum atomic E-state index is 0.167. The van der Waals surface area contributed by atoms with E-state index in [-0.39, 0.29) is 17.2 Å². The second-order valence-electron chi connectivity index (χ2n) is 9.12. The number of para-hydroxylation sites is 2. The molecule has 8 bridgehead atoms. The maximum absolute atomic E-state index is 11.3. The monoisotopic (exact) mass is 608 g/mol. The highest BCUT2D eigenvalue weighted by molar-refractivity contribution is 9.10. The van der Waals surface area contributed by atoms with E-state index >= 15 is 0 Å². The lowest BCUT2D eigenvalue weighted by Gasteiger charge is -2.19. The van der Waals surface area contributed by atoms with Crippen molar-refractivity contribution < 1.29 is 20.1 Å². The second-order valence-corrected chi connectivity index (χ2v) is 10.9. The number of fused-ring (bicyclic) bond motifs is 8. The SMILES string of the molecule is CCOc1c2cccc1Cc1cc(Br)cc(c1O)Cc1cc(Br)cc(c1O)Cc1cccc(c1O)C2. The molecule has 0 saturated carbocycles. The highest BCUT2D eigenvalue weighted by atomic mass is 79.9. The Labute approximate surface area is 227 Å². The van der Waals surface area contributed by atoms with Gasteiger partial charge in [-0.3, -0.25) is 0 Å². The summed E-state index contributed by atoms with van der Waals surface area (Å²) in [5.74, 6) is 1.39. The van der Waals surface area contributed by atoms with Crippen LogP contribution in [0.1, 0.15) is 51.4 Å². The van der Waals surface area contributed by atoms with Crippen LogP contribution in [0.15, 0.2) is 69.6 Å². The van der Waals surface area contributed by atoms with Crippen molar-refractivity contribution in [1.82, 2.24) is 0 Å². The van der Waals surface area contributed by atoms with Crippen LogP contribution in [0.3, 0.4) is 0 Å². The summed E-state index contributed by atoms with van der Waals surface area (Å²) in [4.78, 5) is 0. The standard InChI is InChI=1S/C30H26Br2O4/c1-2-36-30-19-7-4-8-20(30)11-22-14-26(32)16-24(29(22)35)12-23-15-25(31)13-21(28(23)34)10-18-6-3-5-17(9-19)27(18)33/h3-8,13-16,33-35H,2,9-12H2,1H3. The van der Waals surface area contributed by atoms with Crippen LogP contribution in [0.25, 0.3) is 0 Å². The van der Waals surface area contributed by atoms with Crippen LogP contribution in [-0.4, -0.2) is 21.9 Å². The fourth-order valence-electron chi connectivity index (χ4n) is 4.97. The molecule has 0 aliphatic heterocycles. The molecule has 0 spiro atoms. The molecule has 1 aliphatic rings. The number of rotatable bonds is 2. The van der Waals surface area contributed by atoms with E-state index in [2.05, 4.69) is 31.9 Å². The van der Waals surface area contributed by atoms with Crippen molar-refractivity contribution in [2.24, 2.45) is 0 Å². The van der Waals surface area contributed by atoms with Gasteiger partial charge in [-0.25, -0.2) is 0 Å². The van der Waals surface area contributed by atoms with Gasteiger partial charge in [-0.1, -0.05) is 68.3 Å². The smallest absolute Gasteiger partial charge is 0.126 e. The zero-order valence-corrected chi connectivity index (χ0v) is 23.0. The molecular formula is C30H26Br2O4. The fraction of sp³-hybridized carbons (Fsp3) is 0.200. The maximum Gasteiger partial charge on any atom is 0.126 e. The van der Waals surface area contributed by atoms with E-state index in [4.69, 9.17) is 4.74 Å². The Bertz CT molecular complexity index is 1460. The third kappa shape index (κ3) is 4.84. The number of phenols is 3. The Morgan fingerprint density at radius 3 is 1.36 bits per heavy atom. The molecule has 0 saturated heterocycles. The summed E-state index contributed by atoms with van der Waals surface area (Å²) in [6, 6.07) is 19.3. The van der Waals surface area contributed by atoms with Gasteiger partial charge in [0.1, 0.15) is 23.0 Å². The van der Waals surface area contributed by atoms with Gasteiger partial charge in [0.05, 0.1) is 6.61 Å². The summed E-state index contributed by atoms with van der Waals surface area (Å²) in [6.45, 7) is 2.46. The predicted molar refractivity (Wildman–Crippen MR) is 149 cm³/mol. The Morgan fingerprint density at radius 1 is 0.583 bits per heavy atom. The lowest BCUT2D eigenvalue weighted by Crippen LogP contribution is -2.04. The maximum atomic E-state index is 11.3. The largest absolute Gasteiger partial charge is 0.507 e. The molecule has 6 heteroatoms. The van der Waals surface area contributed by atoms with Gasteiger partial charge in [-0.2, -0.15) is 0 Å². The predicted octanol–water partition coefficient (Wildman–Crippen LogP) is 7.40. The van der Waals surface area contributed by atoms with Crippen molar-refractivity contribution in [2.45, 2.75) is 32.6 Å². The number of aromatic hydroxyl groups is 3. The van der Waals surface area contributed by atoms with Crippen molar-refractivity contribution >= 4 is 31.9 Å². The zero-order chi connectivity index (χ0) is 25.4. The summed E-state index contributed by atoms with van der Waals surface area (Å²) in [5.41, 5.74) is 6.33. The van der Waals surface area contributed by atoms with Crippen LogP contribution in [0, 0.1) is 0 Å². The van der Waals surface area contributed by atoms with Gasteiger partial charge < -0.3 is 20.1 Å². The number of ether oxygens (including phenoxy) is 1. The van der Waals surface area contributed by atoms with Crippen molar-refractivity contribution in [3.05, 3.63) is 114 Å². The Hall–Kier alpha value is -2.96. The van der Waals surface area contributed by atoms with E-state index in [1.807, 2.05) is 67.6 Å². The van der Waals surface area contributed by atoms with Gasteiger partial charge in [0.15, 0.2) is 0 Å². The molecule has 4 aromatic carbocycles. The average molecular weight is 610 g/mol. The molecule has 0 radical (unpaired) electrons. The van der Waals surface area contributed by atoms with Gasteiger partial charge in [0.2, 0.25) is 0 Å². The quantitative estimate of drug-likeness (QED) is 0.195. The van der Waals surface area contributed by atoms with Crippen LogP contribution >= 0.6 is 31.9 Å². The summed E-state index contributed by atoms with van der Waals surface area (Å²) >= 11 is 7.18. The minimum absolute atomic E-state index is 0.167. The van der Waals surface area contributed by atoms with E-state index in [0.717, 1.165) is 42.5 Å². The fourth-order valence-corrected chi connectivity index (χ4v) is 6.08. The zero-order valence-electron chi connectivity index (χ0n) is 19.8. The molecule has 0 heterocycles. The summed E-state index contributed by atoms with van der Waals surface area (Å²) < 4.78 is 7.80. The molecular weight excluding hydrogens is 584 g/mol. The Morgan fingerprint density at radius 2 is 0.917 bits per heavy atom. The van der Waals surface area contributed by atoms with Gasteiger partial charge in [-0.05, 0) is 75.7 Å². The molecule has 4 nitrogen and oxygen atoms in total. The molecule has 0 unspecified atom stereocenters. The van der Waals surface area contributed by atoms with Gasteiger partial charge in [0.25, 0.3) is 0 Å². The first-order valence-electron chi connectivity index (χ1n) is 11.9. The first-order valence-corrected chi connectivity index (χ1v) is 13.5. The molecule has 5 rings (SSSR count). The summed E-state index contributed by atoms with van der Waals surface area (Å²) in [7, 11) is 0. The first kappa shape index (κ1) is 24.7. The molecule has 1 aliphatic carbocycles. The molecule has 0 fully saturated rings. The molecule has 0 amide bonds. The minimum Gasteiger partial charge on any atom is -0.507 e. The second kappa shape index (κ2) is 10.2. The molecule has 184 valence electrons. The van der Waals surface area contributed by atoms with Crippen molar-refractivity contribution in [1.29, 1.82) is 0 Å². The van der Waals surface area contributed by atoms with Crippen LogP contribution in [0.2, 0.25) is 0 Å². The number of phenolic OH excluding ortho intramolecular Hbond substituents is 3. The van der Waals surface area contributed by atoms with Crippen LogP contribution in [-0.2, 0) is 25.7 Å². The third-order valence-electron chi connectivity index (χ3n) is 6.66. The van der Waals surface area contributed by atoms with Crippen LogP contribution < -0.4 is 4.74 Å². The van der Waals surface area contributed by atoms with Gasteiger partial charge in [0, 0.05) is 34.6 Å². The lowest BCUT2D eigenvalue weighted by atomic mass is 9.91. The van der Waals surface area contributed by atoms with Crippen molar-refractivity contribution in [3.8, 4) is 23.0 Å². The molecule has 4 aromatic rings. The topological polar surface area (TPSA) is 69.9 Å². The van der Waals surface area contributed by atoms with Gasteiger partial charge in [-0.15, -0.1) is 0 Å². The van der Waals surface area contributed by atoms with E-state index in [9.17, 15) is 15.3 Å². The van der Waals surface area contributed by atoms with Gasteiger partial charge >= 0.3 is 0 Å². The molecule has 36 heavy (non-hydrogen) atoms. The van der Waals surface area contributed by atoms with Crippen LogP contribution in [0.5, 0.6) is 23.0 Å². The number of benzene rings is 4. The Kier molecular flexibility index (Phi) is 7.00. The number of halogens is 2. The van der Waals surface area contributed by atoms with E-state index < -0.39 is 0 Å². The highest BCUT2D eigenvalue weighted by Gasteiger charge is 2.20. The molecule has 3 N–H and O–H groups in total. The normalized spacial score (nSPS) is 12.9. The third-order valence-corrected chi connectivity index (χ3v) is 7.57. The average Bonchev–Trinajstić information content (AvgIpc) is 2.83. The molecule has 0 aromatic heterocycles. The lowest BCUT2D eigenvalue weighted by molar-refractivity contribution is 0.333. The number of hydrogen-bond acceptors (Lipinski definition) is 4. The highest BCUT2D eigenvalue weighted by Crippen LogP contribution is 2.39. The van der Waals surface area contributed by atoms with E-state index in [1.54, 1.807) is 0 Å². The van der Waals surface area contributed by atoms with E-state index in [1.165, 1.54) is 0 Å². The number of hydrogen-bond donors (Lipinski definition) is 3. The Balaban J connectivity index is 1.76. The molecule has 0 atom stereocenters. The van der Waals surface area contributed by atoms with Crippen molar-refractivity contribution in [3.63, 3.8) is 0 Å². The van der Waals surface area contributed by atoms with E-state index in [0.29, 0.717) is 49.0 Å². The van der Waals surface area contributed by atoms with Crippen LogP contribution in [0.4, 0.5) is 0 Å². The summed E-state index contributed by atoms with van der Waals surface area (Å²) in [6.07, 6.45) is 1.68. The summed E-state index contributed by atoms with van der Waals surface area (Å²) in [5, 5.41) is 33.7. The first-order chi connectivity index (χ1) is 17.3. The van der Waals surface area contributed by atoms with Crippen molar-refractivity contribution in [2.75, 3.05) is 6.61 Å².